The number of carbonyl (C=O) groups excluding carboxylic acids is 5. The first kappa shape index (κ1) is 33.1. The van der Waals surface area contributed by atoms with Gasteiger partial charge >= 0.3 is 6.09 Å². The van der Waals surface area contributed by atoms with E-state index in [0.29, 0.717) is 31.0 Å². The number of rotatable bonds is 9. The molecular formula is C40H41N7O6. The maximum absolute atomic E-state index is 13.2. The van der Waals surface area contributed by atoms with Crippen LogP contribution in [0.5, 0.6) is 0 Å². The average Bonchev–Trinajstić information content (AvgIpc) is 3.90. The van der Waals surface area contributed by atoms with E-state index >= 15 is 0 Å². The minimum atomic E-state index is -0.979. The van der Waals surface area contributed by atoms with Crippen molar-refractivity contribution in [3.63, 3.8) is 0 Å². The van der Waals surface area contributed by atoms with Gasteiger partial charge in [0.25, 0.3) is 11.8 Å². The molecule has 0 spiro atoms. The van der Waals surface area contributed by atoms with E-state index in [9.17, 15) is 24.0 Å². The number of carbonyl (C=O) groups is 5. The third kappa shape index (κ3) is 6.27. The van der Waals surface area contributed by atoms with Crippen molar-refractivity contribution < 1.29 is 28.7 Å². The Morgan fingerprint density at radius 1 is 0.868 bits per heavy atom. The van der Waals surface area contributed by atoms with E-state index in [4.69, 9.17) is 9.84 Å². The first-order valence-corrected chi connectivity index (χ1v) is 18.6. The van der Waals surface area contributed by atoms with Crippen LogP contribution in [0.1, 0.15) is 82.5 Å². The normalized spacial score (nSPS) is 22.9. The maximum atomic E-state index is 13.2. The summed E-state index contributed by atoms with van der Waals surface area (Å²) in [6.45, 7) is 3.69. The highest BCUT2D eigenvalue weighted by atomic mass is 16.6. The summed E-state index contributed by atoms with van der Waals surface area (Å²) in [5.41, 5.74) is 5.78. The molecule has 1 aromatic heterocycles. The van der Waals surface area contributed by atoms with E-state index in [0.717, 1.165) is 72.7 Å². The van der Waals surface area contributed by atoms with Gasteiger partial charge in [-0.05, 0) is 80.0 Å². The minimum absolute atomic E-state index is 0.0882. The molecule has 2 aliphatic carbocycles. The summed E-state index contributed by atoms with van der Waals surface area (Å²) in [6, 6.07) is 20.9. The summed E-state index contributed by atoms with van der Waals surface area (Å²) >= 11 is 0. The number of amides is 5. The number of benzene rings is 3. The Hall–Kier alpha value is -5.72. The molecule has 4 aromatic rings. The third-order valence-electron chi connectivity index (χ3n) is 11.4. The minimum Gasteiger partial charge on any atom is -0.445 e. The number of fused-ring (bicyclic) bond motifs is 2. The van der Waals surface area contributed by atoms with Gasteiger partial charge in [-0.2, -0.15) is 5.10 Å². The fourth-order valence-corrected chi connectivity index (χ4v) is 8.15. The summed E-state index contributed by atoms with van der Waals surface area (Å²) in [6.07, 6.45) is 4.23. The average molecular weight is 716 g/mol. The van der Waals surface area contributed by atoms with Crippen LogP contribution in [0.25, 0.3) is 10.9 Å². The molecule has 2 saturated carbocycles. The number of piperidine rings is 1. The van der Waals surface area contributed by atoms with Crippen molar-refractivity contribution in [2.75, 3.05) is 42.9 Å². The van der Waals surface area contributed by atoms with Crippen molar-refractivity contribution in [2.45, 2.75) is 63.1 Å². The van der Waals surface area contributed by atoms with Gasteiger partial charge in [0.05, 0.1) is 28.4 Å². The fourth-order valence-electron chi connectivity index (χ4n) is 8.15. The number of nitrogens with zero attached hydrogens (tertiary/aromatic N) is 5. The van der Waals surface area contributed by atoms with Gasteiger partial charge in [-0.3, -0.25) is 34.1 Å². The van der Waals surface area contributed by atoms with Crippen molar-refractivity contribution in [2.24, 2.45) is 5.92 Å². The number of piperazine rings is 1. The molecule has 1 unspecified atom stereocenters. The second kappa shape index (κ2) is 13.4. The van der Waals surface area contributed by atoms with E-state index in [1.54, 1.807) is 23.1 Å². The van der Waals surface area contributed by atoms with Gasteiger partial charge in [0, 0.05) is 61.8 Å². The lowest BCUT2D eigenvalue weighted by atomic mass is 9.80. The first-order chi connectivity index (χ1) is 25.8. The van der Waals surface area contributed by atoms with E-state index in [-0.39, 0.29) is 36.7 Å². The van der Waals surface area contributed by atoms with Crippen molar-refractivity contribution in [3.05, 3.63) is 89.1 Å². The van der Waals surface area contributed by atoms with Crippen LogP contribution in [0.4, 0.5) is 16.2 Å². The molecule has 13 nitrogen and oxygen atoms in total. The topological polar surface area (TPSA) is 146 Å². The van der Waals surface area contributed by atoms with Crippen LogP contribution in [0.15, 0.2) is 66.7 Å². The van der Waals surface area contributed by atoms with Crippen LogP contribution >= 0.6 is 0 Å². The number of anilines is 2. The number of hydrogen-bond donors (Lipinski definition) is 2. The van der Waals surface area contributed by atoms with Crippen LogP contribution in [0, 0.1) is 5.92 Å². The zero-order valence-corrected chi connectivity index (χ0v) is 29.3. The van der Waals surface area contributed by atoms with E-state index < -0.39 is 29.7 Å². The van der Waals surface area contributed by atoms with Gasteiger partial charge in [0.2, 0.25) is 11.8 Å². The maximum Gasteiger partial charge on any atom is 0.410 e. The van der Waals surface area contributed by atoms with Gasteiger partial charge in [-0.15, -0.1) is 0 Å². The molecule has 2 saturated heterocycles. The highest BCUT2D eigenvalue weighted by Crippen LogP contribution is 2.46. The van der Waals surface area contributed by atoms with Gasteiger partial charge in [-0.1, -0.05) is 30.3 Å². The highest BCUT2D eigenvalue weighted by molar-refractivity contribution is 6.23. The van der Waals surface area contributed by atoms with Crippen LogP contribution < -0.4 is 15.5 Å². The van der Waals surface area contributed by atoms with Crippen molar-refractivity contribution in [1.29, 1.82) is 0 Å². The molecule has 4 fully saturated rings. The molecule has 5 amide bonds. The molecule has 13 heteroatoms. The summed E-state index contributed by atoms with van der Waals surface area (Å²) in [4.78, 5) is 68.1. The lowest BCUT2D eigenvalue weighted by molar-refractivity contribution is -0.136. The number of nitrogens with one attached hydrogen (secondary N) is 2. The van der Waals surface area contributed by atoms with Gasteiger partial charge in [-0.25, -0.2) is 4.79 Å². The largest absolute Gasteiger partial charge is 0.445 e. The SMILES string of the molecule is O=C1CCC(N2C(=O)c3ccc(NC[C@H]4C[C@H](n5nc(C6CC6)c6cc(N7CCN(C(=O)OCc8ccccc8)CC7)ccc65)C4)cc3C2=O)C(=O)N1. The molecule has 272 valence electrons. The van der Waals surface area contributed by atoms with Crippen LogP contribution in [0.3, 0.4) is 0 Å². The molecule has 0 radical (unpaired) electrons. The Kier molecular flexibility index (Phi) is 8.35. The zero-order chi connectivity index (χ0) is 36.2. The molecular weight excluding hydrogens is 674 g/mol. The number of ether oxygens (including phenoxy) is 1. The predicted octanol–water partition coefficient (Wildman–Crippen LogP) is 4.84. The summed E-state index contributed by atoms with van der Waals surface area (Å²) in [5, 5.41) is 12.1. The van der Waals surface area contributed by atoms with Gasteiger partial charge < -0.3 is 19.9 Å². The number of aromatic nitrogens is 2. The van der Waals surface area contributed by atoms with Gasteiger partial charge in [0.1, 0.15) is 12.6 Å². The van der Waals surface area contributed by atoms with Crippen LogP contribution in [0.2, 0.25) is 0 Å². The third-order valence-corrected chi connectivity index (χ3v) is 11.4. The van der Waals surface area contributed by atoms with Crippen molar-refractivity contribution >= 4 is 52.0 Å². The molecule has 53 heavy (non-hydrogen) atoms. The second-order valence-electron chi connectivity index (χ2n) is 14.9. The second-order valence-corrected chi connectivity index (χ2v) is 14.9. The van der Waals surface area contributed by atoms with E-state index in [2.05, 4.69) is 38.4 Å². The van der Waals surface area contributed by atoms with Crippen molar-refractivity contribution in [1.82, 2.24) is 24.9 Å². The Morgan fingerprint density at radius 2 is 1.64 bits per heavy atom. The van der Waals surface area contributed by atoms with Gasteiger partial charge in [0.15, 0.2) is 0 Å². The lowest BCUT2D eigenvalue weighted by Gasteiger charge is -2.36. The standard InChI is InChI=1S/C40H41N7O6/c48-35-13-12-34(37(49)42-35)46-38(50)30-10-8-27(20-31(30)39(46)51)41-22-25-18-29(19-25)47-33-11-9-28(21-32(33)36(43-47)26-6-7-26)44-14-16-45(17-15-44)40(52)53-23-24-4-2-1-3-5-24/h1-5,8-11,20-21,25-26,29,34,41H,6-7,12-19,22-23H2,(H,42,48,49)/t25-,29-,34?. The first-order valence-electron chi connectivity index (χ1n) is 18.6. The molecule has 9 rings (SSSR count). The van der Waals surface area contributed by atoms with Crippen LogP contribution in [-0.4, -0.2) is 88.1 Å². The molecule has 3 aliphatic heterocycles. The van der Waals surface area contributed by atoms with E-state index in [1.165, 1.54) is 11.1 Å². The Bertz CT molecular complexity index is 2130. The van der Waals surface area contributed by atoms with E-state index in [1.807, 2.05) is 30.3 Å². The smallest absolute Gasteiger partial charge is 0.410 e. The Labute approximate surface area is 306 Å². The molecule has 0 bridgehead atoms. The fraction of sp³-hybridized carbons (Fsp3) is 0.400. The summed E-state index contributed by atoms with van der Waals surface area (Å²) in [7, 11) is 0. The highest BCUT2D eigenvalue weighted by Gasteiger charge is 2.45. The Morgan fingerprint density at radius 3 is 2.40 bits per heavy atom. The Balaban J connectivity index is 0.809. The molecule has 5 aliphatic rings. The predicted molar refractivity (Wildman–Crippen MR) is 195 cm³/mol. The molecule has 2 N–H and O–H groups in total. The van der Waals surface area contributed by atoms with Crippen molar-refractivity contribution in [3.8, 4) is 0 Å². The zero-order valence-electron chi connectivity index (χ0n) is 29.3. The summed E-state index contributed by atoms with van der Waals surface area (Å²) < 4.78 is 7.79. The molecule has 4 heterocycles. The van der Waals surface area contributed by atoms with Crippen LogP contribution in [-0.2, 0) is 20.9 Å². The quantitative estimate of drug-likeness (QED) is 0.233. The molecule has 1 atom stereocenters. The number of imide groups is 2. The lowest BCUT2D eigenvalue weighted by Crippen LogP contribution is -2.54. The monoisotopic (exact) mass is 715 g/mol. The molecule has 3 aromatic carbocycles. The number of hydrogen-bond acceptors (Lipinski definition) is 9. The summed E-state index contributed by atoms with van der Waals surface area (Å²) in [5.74, 6) is -1.09.